The van der Waals surface area contributed by atoms with E-state index in [-0.39, 0.29) is 6.03 Å². The van der Waals surface area contributed by atoms with Gasteiger partial charge in [0.1, 0.15) is 0 Å². The van der Waals surface area contributed by atoms with Crippen LogP contribution < -0.4 is 10.6 Å². The molecule has 1 aromatic rings. The van der Waals surface area contributed by atoms with Crippen molar-refractivity contribution in [1.29, 1.82) is 0 Å². The first-order chi connectivity index (χ1) is 7.83. The van der Waals surface area contributed by atoms with Gasteiger partial charge in [-0.2, -0.15) is 0 Å². The van der Waals surface area contributed by atoms with Gasteiger partial charge in [-0.15, -0.1) is 0 Å². The van der Waals surface area contributed by atoms with Gasteiger partial charge in [-0.3, -0.25) is 0 Å². The summed E-state index contributed by atoms with van der Waals surface area (Å²) in [5.41, 5.74) is 1.23. The lowest BCUT2D eigenvalue weighted by atomic mass is 10.1. The van der Waals surface area contributed by atoms with Gasteiger partial charge in [0.15, 0.2) is 0 Å². The molecular formula is C13H18N2O. The van der Waals surface area contributed by atoms with Crippen molar-refractivity contribution in [3.8, 4) is 0 Å². The summed E-state index contributed by atoms with van der Waals surface area (Å²) < 4.78 is 0. The first-order valence-corrected chi connectivity index (χ1v) is 5.56. The highest BCUT2D eigenvalue weighted by atomic mass is 16.2. The second kappa shape index (κ2) is 7.51. The fourth-order valence-electron chi connectivity index (χ4n) is 1.27. The lowest BCUT2D eigenvalue weighted by Crippen LogP contribution is -2.33. The largest absolute Gasteiger partial charge is 0.338 e. The van der Waals surface area contributed by atoms with Crippen LogP contribution in [0.25, 0.3) is 0 Å². The number of urea groups is 1. The van der Waals surface area contributed by atoms with Gasteiger partial charge in [0.2, 0.25) is 0 Å². The van der Waals surface area contributed by atoms with E-state index < -0.39 is 0 Å². The van der Waals surface area contributed by atoms with E-state index in [1.165, 1.54) is 5.56 Å². The molecule has 0 heterocycles. The maximum Gasteiger partial charge on any atom is 0.318 e. The van der Waals surface area contributed by atoms with Gasteiger partial charge >= 0.3 is 6.03 Å². The minimum atomic E-state index is -0.152. The topological polar surface area (TPSA) is 41.1 Å². The molecule has 1 aromatic carbocycles. The molecule has 2 N–H and O–H groups in total. The number of amides is 2. The quantitative estimate of drug-likeness (QED) is 0.783. The standard InChI is InChI=1S/C13H18N2O/c1-2-3-10-14-13(16)15-11-9-12-7-5-4-6-8-12/h3-8,10H,2,9,11H2,1H3,(H2,14,15,16)/b10-3+. The first-order valence-electron chi connectivity index (χ1n) is 5.56. The number of allylic oxidation sites excluding steroid dienone is 1. The summed E-state index contributed by atoms with van der Waals surface area (Å²) in [6.45, 7) is 2.67. The molecule has 2 amide bonds. The molecule has 0 aromatic heterocycles. The van der Waals surface area contributed by atoms with Crippen LogP contribution in [0.15, 0.2) is 42.6 Å². The number of rotatable bonds is 5. The number of hydrogen-bond donors (Lipinski definition) is 2. The number of carbonyl (C=O) groups excluding carboxylic acids is 1. The predicted molar refractivity (Wildman–Crippen MR) is 66.1 cm³/mol. The van der Waals surface area contributed by atoms with E-state index in [0.29, 0.717) is 6.54 Å². The van der Waals surface area contributed by atoms with Gasteiger partial charge in [-0.1, -0.05) is 43.3 Å². The number of carbonyl (C=O) groups is 1. The average Bonchev–Trinajstić information content (AvgIpc) is 2.31. The highest BCUT2D eigenvalue weighted by Gasteiger charge is 1.96. The Hall–Kier alpha value is -1.77. The second-order valence-corrected chi connectivity index (χ2v) is 3.45. The van der Waals surface area contributed by atoms with Crippen LogP contribution in [0.4, 0.5) is 4.79 Å². The average molecular weight is 218 g/mol. The fraction of sp³-hybridized carbons (Fsp3) is 0.308. The van der Waals surface area contributed by atoms with Gasteiger partial charge in [-0.05, 0) is 18.4 Å². The highest BCUT2D eigenvalue weighted by Crippen LogP contribution is 1.97. The summed E-state index contributed by atoms with van der Waals surface area (Å²) in [5.74, 6) is 0. The van der Waals surface area contributed by atoms with Crippen molar-refractivity contribution in [3.05, 3.63) is 48.2 Å². The van der Waals surface area contributed by atoms with Crippen LogP contribution in [-0.4, -0.2) is 12.6 Å². The van der Waals surface area contributed by atoms with Gasteiger partial charge in [0.05, 0.1) is 0 Å². The summed E-state index contributed by atoms with van der Waals surface area (Å²) in [6, 6.07) is 9.94. The molecule has 16 heavy (non-hydrogen) atoms. The zero-order valence-corrected chi connectivity index (χ0v) is 9.57. The number of nitrogens with one attached hydrogen (secondary N) is 2. The van der Waals surface area contributed by atoms with E-state index >= 15 is 0 Å². The van der Waals surface area contributed by atoms with Crippen LogP contribution in [0, 0.1) is 0 Å². The molecule has 0 bridgehead atoms. The molecule has 3 heteroatoms. The van der Waals surface area contributed by atoms with E-state index in [4.69, 9.17) is 0 Å². The maximum absolute atomic E-state index is 11.2. The van der Waals surface area contributed by atoms with Crippen LogP contribution in [-0.2, 0) is 6.42 Å². The zero-order valence-electron chi connectivity index (χ0n) is 9.57. The summed E-state index contributed by atoms with van der Waals surface area (Å²) in [7, 11) is 0. The predicted octanol–water partition coefficient (Wildman–Crippen LogP) is 2.45. The third kappa shape index (κ3) is 5.20. The highest BCUT2D eigenvalue weighted by molar-refractivity contribution is 5.74. The normalized spacial score (nSPS) is 10.3. The van der Waals surface area contributed by atoms with Crippen molar-refractivity contribution in [2.45, 2.75) is 19.8 Å². The SMILES string of the molecule is CC/C=C/NC(=O)NCCc1ccccc1. The van der Waals surface area contributed by atoms with Crippen molar-refractivity contribution in [1.82, 2.24) is 10.6 Å². The van der Waals surface area contributed by atoms with Crippen LogP contribution in [0.5, 0.6) is 0 Å². The van der Waals surface area contributed by atoms with Crippen molar-refractivity contribution in [2.24, 2.45) is 0 Å². The number of benzene rings is 1. The molecule has 86 valence electrons. The van der Waals surface area contributed by atoms with E-state index in [0.717, 1.165) is 12.8 Å². The van der Waals surface area contributed by atoms with Crippen molar-refractivity contribution in [2.75, 3.05) is 6.54 Å². The first kappa shape index (κ1) is 12.3. The molecule has 0 fully saturated rings. The van der Waals surface area contributed by atoms with Crippen molar-refractivity contribution < 1.29 is 4.79 Å². The minimum Gasteiger partial charge on any atom is -0.338 e. The summed E-state index contributed by atoms with van der Waals surface area (Å²) in [4.78, 5) is 11.2. The van der Waals surface area contributed by atoms with Gasteiger partial charge in [0, 0.05) is 12.7 Å². The van der Waals surface area contributed by atoms with Crippen molar-refractivity contribution >= 4 is 6.03 Å². The van der Waals surface area contributed by atoms with Crippen LogP contribution in [0.1, 0.15) is 18.9 Å². The summed E-state index contributed by atoms with van der Waals surface area (Å²) in [6.07, 6.45) is 5.34. The maximum atomic E-state index is 11.2. The van der Waals surface area contributed by atoms with E-state index in [1.807, 2.05) is 31.2 Å². The van der Waals surface area contributed by atoms with E-state index in [9.17, 15) is 4.79 Å². The van der Waals surface area contributed by atoms with Crippen LogP contribution >= 0.6 is 0 Å². The Bertz CT molecular complexity index is 333. The minimum absolute atomic E-state index is 0.152. The molecule has 0 aliphatic rings. The number of hydrogen-bond acceptors (Lipinski definition) is 1. The smallest absolute Gasteiger partial charge is 0.318 e. The third-order valence-electron chi connectivity index (χ3n) is 2.11. The van der Waals surface area contributed by atoms with Gasteiger partial charge < -0.3 is 10.6 Å². The molecule has 0 saturated heterocycles. The third-order valence-corrected chi connectivity index (χ3v) is 2.11. The Kier molecular flexibility index (Phi) is 5.78. The van der Waals surface area contributed by atoms with E-state index in [2.05, 4.69) is 22.8 Å². The Morgan fingerprint density at radius 2 is 2.06 bits per heavy atom. The van der Waals surface area contributed by atoms with E-state index in [1.54, 1.807) is 6.20 Å². The summed E-state index contributed by atoms with van der Waals surface area (Å²) >= 11 is 0. The lowest BCUT2D eigenvalue weighted by molar-refractivity contribution is 0.244. The molecule has 0 saturated carbocycles. The fourth-order valence-corrected chi connectivity index (χ4v) is 1.27. The molecule has 0 unspecified atom stereocenters. The molecule has 0 atom stereocenters. The Labute approximate surface area is 96.6 Å². The molecule has 0 radical (unpaired) electrons. The van der Waals surface area contributed by atoms with Crippen molar-refractivity contribution in [3.63, 3.8) is 0 Å². The summed E-state index contributed by atoms with van der Waals surface area (Å²) in [5, 5.41) is 5.43. The molecular weight excluding hydrogens is 200 g/mol. The molecule has 1 rings (SSSR count). The monoisotopic (exact) mass is 218 g/mol. The van der Waals surface area contributed by atoms with Crippen LogP contribution in [0.2, 0.25) is 0 Å². The van der Waals surface area contributed by atoms with Crippen LogP contribution in [0.3, 0.4) is 0 Å². The Morgan fingerprint density at radius 3 is 2.75 bits per heavy atom. The van der Waals surface area contributed by atoms with Gasteiger partial charge in [-0.25, -0.2) is 4.79 Å². The Balaban J connectivity index is 2.16. The molecule has 0 spiro atoms. The second-order valence-electron chi connectivity index (χ2n) is 3.45. The molecule has 0 aliphatic carbocycles. The zero-order chi connectivity index (χ0) is 11.6. The lowest BCUT2D eigenvalue weighted by Gasteiger charge is -2.04. The Morgan fingerprint density at radius 1 is 1.31 bits per heavy atom. The molecule has 0 aliphatic heterocycles. The van der Waals surface area contributed by atoms with Gasteiger partial charge in [0.25, 0.3) is 0 Å². The molecule has 3 nitrogen and oxygen atoms in total.